The summed E-state index contributed by atoms with van der Waals surface area (Å²) in [5, 5.41) is 4.87. The quantitative estimate of drug-likeness (QED) is 0.843. The highest BCUT2D eigenvalue weighted by atomic mass is 35.5. The molecule has 4 nitrogen and oxygen atoms in total. The van der Waals surface area contributed by atoms with Gasteiger partial charge in [0.05, 0.1) is 23.9 Å². The van der Waals surface area contributed by atoms with Crippen LogP contribution in [0.4, 0.5) is 10.5 Å². The van der Waals surface area contributed by atoms with E-state index in [4.69, 9.17) is 28.0 Å². The number of carbonyl (C=O) groups excluding carboxylic acids is 1. The highest BCUT2D eigenvalue weighted by molar-refractivity contribution is 6.35. The predicted molar refractivity (Wildman–Crippen MR) is 62.8 cm³/mol. The number of nitrogens with one attached hydrogen (secondary N) is 1. The molecule has 0 bridgehead atoms. The number of rotatable bonds is 1. The van der Waals surface area contributed by atoms with Crippen molar-refractivity contribution in [3.63, 3.8) is 0 Å². The maximum absolute atomic E-state index is 11.7. The van der Waals surface area contributed by atoms with E-state index in [1.54, 1.807) is 18.2 Å². The van der Waals surface area contributed by atoms with E-state index >= 15 is 0 Å². The van der Waals surface area contributed by atoms with E-state index in [1.807, 2.05) is 0 Å². The summed E-state index contributed by atoms with van der Waals surface area (Å²) in [6, 6.07) is 4.55. The van der Waals surface area contributed by atoms with Gasteiger partial charge >= 0.3 is 6.03 Å². The fourth-order valence-electron chi connectivity index (χ4n) is 1.38. The number of halogens is 2. The van der Waals surface area contributed by atoms with Crippen LogP contribution in [-0.2, 0) is 4.84 Å². The van der Waals surface area contributed by atoms with Crippen LogP contribution < -0.4 is 5.32 Å². The lowest BCUT2D eigenvalue weighted by Gasteiger charge is -2.15. The molecule has 1 saturated heterocycles. The maximum Gasteiger partial charge on any atom is 0.345 e. The molecule has 2 rings (SSSR count). The minimum atomic E-state index is -0.332. The van der Waals surface area contributed by atoms with Crippen LogP contribution in [0.25, 0.3) is 0 Å². The molecule has 16 heavy (non-hydrogen) atoms. The summed E-state index contributed by atoms with van der Waals surface area (Å²) >= 11 is 11.7. The lowest BCUT2D eigenvalue weighted by molar-refractivity contribution is -0.0614. The molecule has 1 fully saturated rings. The van der Waals surface area contributed by atoms with Crippen LogP contribution in [0.15, 0.2) is 18.2 Å². The molecule has 0 radical (unpaired) electrons. The minimum Gasteiger partial charge on any atom is -0.305 e. The molecule has 0 aliphatic carbocycles. The van der Waals surface area contributed by atoms with Gasteiger partial charge in [-0.1, -0.05) is 23.2 Å². The number of hydroxylamine groups is 2. The average molecular weight is 261 g/mol. The van der Waals surface area contributed by atoms with Crippen molar-refractivity contribution >= 4 is 34.9 Å². The molecule has 0 saturated carbocycles. The predicted octanol–water partition coefficient (Wildman–Crippen LogP) is 3.16. The van der Waals surface area contributed by atoms with E-state index in [0.717, 1.165) is 6.42 Å². The fourth-order valence-corrected chi connectivity index (χ4v) is 1.72. The standard InChI is InChI=1S/C10H10Cl2N2O2/c11-7-2-3-8(12)9(6-7)13-10(15)14-4-1-5-16-14/h2-3,6H,1,4-5H2,(H,13,15). The van der Waals surface area contributed by atoms with Crippen molar-refractivity contribution in [2.75, 3.05) is 18.5 Å². The first-order valence-electron chi connectivity index (χ1n) is 4.83. The Hall–Kier alpha value is -0.970. The molecule has 1 aromatic carbocycles. The summed E-state index contributed by atoms with van der Waals surface area (Å²) in [6.07, 6.45) is 0.844. The molecule has 86 valence electrons. The summed E-state index contributed by atoms with van der Waals surface area (Å²) in [5.74, 6) is 0. The van der Waals surface area contributed by atoms with Gasteiger partial charge in [0.25, 0.3) is 0 Å². The van der Waals surface area contributed by atoms with Gasteiger partial charge in [-0.15, -0.1) is 0 Å². The Kier molecular flexibility index (Phi) is 3.53. The van der Waals surface area contributed by atoms with Crippen molar-refractivity contribution in [1.29, 1.82) is 0 Å². The van der Waals surface area contributed by atoms with Gasteiger partial charge in [-0.25, -0.2) is 9.86 Å². The van der Waals surface area contributed by atoms with Gasteiger partial charge in [0.15, 0.2) is 0 Å². The van der Waals surface area contributed by atoms with Gasteiger partial charge in [0.2, 0.25) is 0 Å². The Morgan fingerprint density at radius 3 is 2.94 bits per heavy atom. The van der Waals surface area contributed by atoms with Crippen LogP contribution in [0.1, 0.15) is 6.42 Å². The van der Waals surface area contributed by atoms with Gasteiger partial charge in [-0.3, -0.25) is 4.84 Å². The first-order valence-corrected chi connectivity index (χ1v) is 5.59. The van der Waals surface area contributed by atoms with Gasteiger partial charge in [-0.2, -0.15) is 0 Å². The van der Waals surface area contributed by atoms with E-state index in [2.05, 4.69) is 5.32 Å². The Balaban J connectivity index is 2.07. The van der Waals surface area contributed by atoms with Crippen molar-refractivity contribution in [3.8, 4) is 0 Å². The second-order valence-electron chi connectivity index (χ2n) is 3.34. The van der Waals surface area contributed by atoms with Gasteiger partial charge in [-0.05, 0) is 24.6 Å². The lowest BCUT2D eigenvalue weighted by atomic mass is 10.3. The van der Waals surface area contributed by atoms with E-state index < -0.39 is 0 Å². The average Bonchev–Trinajstić information content (AvgIpc) is 2.76. The molecule has 6 heteroatoms. The summed E-state index contributed by atoms with van der Waals surface area (Å²) in [4.78, 5) is 16.8. The third-order valence-electron chi connectivity index (χ3n) is 2.15. The molecule has 0 unspecified atom stereocenters. The molecular weight excluding hydrogens is 251 g/mol. The van der Waals surface area contributed by atoms with Crippen LogP contribution in [0.5, 0.6) is 0 Å². The number of benzene rings is 1. The Morgan fingerprint density at radius 1 is 1.44 bits per heavy atom. The topological polar surface area (TPSA) is 41.6 Å². The second-order valence-corrected chi connectivity index (χ2v) is 4.19. The molecule has 1 aliphatic heterocycles. The van der Waals surface area contributed by atoms with E-state index in [-0.39, 0.29) is 6.03 Å². The molecule has 1 heterocycles. The number of carbonyl (C=O) groups is 1. The Bertz CT molecular complexity index is 406. The Labute approximate surface area is 103 Å². The Morgan fingerprint density at radius 2 is 2.25 bits per heavy atom. The van der Waals surface area contributed by atoms with Crippen LogP contribution in [0, 0.1) is 0 Å². The molecule has 2 amide bonds. The van der Waals surface area contributed by atoms with E-state index in [0.29, 0.717) is 28.9 Å². The largest absolute Gasteiger partial charge is 0.345 e. The van der Waals surface area contributed by atoms with Gasteiger partial charge in [0, 0.05) is 5.02 Å². The lowest BCUT2D eigenvalue weighted by Crippen LogP contribution is -2.31. The summed E-state index contributed by atoms with van der Waals surface area (Å²) in [6.45, 7) is 1.15. The molecule has 1 aliphatic rings. The van der Waals surface area contributed by atoms with Crippen molar-refractivity contribution in [1.82, 2.24) is 5.06 Å². The summed E-state index contributed by atoms with van der Waals surface area (Å²) in [7, 11) is 0. The van der Waals surface area contributed by atoms with Crippen LogP contribution in [0.2, 0.25) is 10.0 Å². The minimum absolute atomic E-state index is 0.332. The first-order chi connectivity index (χ1) is 7.66. The highest BCUT2D eigenvalue weighted by Gasteiger charge is 2.19. The number of hydrogen-bond acceptors (Lipinski definition) is 2. The summed E-state index contributed by atoms with van der Waals surface area (Å²) in [5.41, 5.74) is 0.481. The fraction of sp³-hybridized carbons (Fsp3) is 0.300. The number of nitrogens with zero attached hydrogens (tertiary/aromatic N) is 1. The van der Waals surface area contributed by atoms with Crippen molar-refractivity contribution in [3.05, 3.63) is 28.2 Å². The van der Waals surface area contributed by atoms with Crippen molar-refractivity contribution < 1.29 is 9.63 Å². The van der Waals surface area contributed by atoms with Crippen molar-refractivity contribution in [2.45, 2.75) is 6.42 Å². The monoisotopic (exact) mass is 260 g/mol. The zero-order valence-electron chi connectivity index (χ0n) is 8.37. The third kappa shape index (κ3) is 2.58. The summed E-state index contributed by atoms with van der Waals surface area (Å²) < 4.78 is 0. The number of urea groups is 1. The SMILES string of the molecule is O=C(Nc1cc(Cl)ccc1Cl)N1CCCO1. The third-order valence-corrected chi connectivity index (χ3v) is 2.71. The number of anilines is 1. The number of amides is 2. The van der Waals surface area contributed by atoms with Crippen molar-refractivity contribution in [2.24, 2.45) is 0 Å². The molecular formula is C10H10Cl2N2O2. The zero-order chi connectivity index (χ0) is 11.5. The molecule has 0 atom stereocenters. The van der Waals surface area contributed by atoms with Gasteiger partial charge < -0.3 is 5.32 Å². The van der Waals surface area contributed by atoms with E-state index in [1.165, 1.54) is 5.06 Å². The maximum atomic E-state index is 11.7. The van der Waals surface area contributed by atoms with E-state index in [9.17, 15) is 4.79 Å². The molecule has 1 aromatic rings. The van der Waals surface area contributed by atoms with Crippen LogP contribution in [-0.4, -0.2) is 24.2 Å². The van der Waals surface area contributed by atoms with Crippen LogP contribution >= 0.6 is 23.2 Å². The molecule has 0 aromatic heterocycles. The molecule has 1 N–H and O–H groups in total. The highest BCUT2D eigenvalue weighted by Crippen LogP contribution is 2.25. The first kappa shape index (κ1) is 11.5. The molecule has 0 spiro atoms. The zero-order valence-corrected chi connectivity index (χ0v) is 9.88. The van der Waals surface area contributed by atoms with Crippen LogP contribution in [0.3, 0.4) is 0 Å². The smallest absolute Gasteiger partial charge is 0.305 e. The number of hydrogen-bond donors (Lipinski definition) is 1. The van der Waals surface area contributed by atoms with Gasteiger partial charge in [0.1, 0.15) is 0 Å². The second kappa shape index (κ2) is 4.91. The normalized spacial score (nSPS) is 15.2.